The Morgan fingerprint density at radius 1 is 1.11 bits per heavy atom. The van der Waals surface area contributed by atoms with Crippen molar-refractivity contribution < 1.29 is 4.21 Å². The lowest BCUT2D eigenvalue weighted by Crippen LogP contribution is -2.44. The molecule has 1 N–H and O–H groups in total. The van der Waals surface area contributed by atoms with E-state index < -0.39 is 9.52 Å². The Balaban J connectivity index is 1.58. The monoisotopic (exact) mass is 400 g/mol. The largest absolute Gasteiger partial charge is 0.366 e. The molecule has 2 heterocycles. The van der Waals surface area contributed by atoms with Crippen LogP contribution in [0.25, 0.3) is 11.3 Å². The predicted molar refractivity (Wildman–Crippen MR) is 120 cm³/mol. The topological polar surface area (TPSA) is 58.1 Å². The van der Waals surface area contributed by atoms with E-state index in [-0.39, 0.29) is 0 Å². The third-order valence-electron chi connectivity index (χ3n) is 5.65. The van der Waals surface area contributed by atoms with Crippen molar-refractivity contribution in [1.82, 2.24) is 15.1 Å². The third-order valence-corrected chi connectivity index (χ3v) is 6.92. The van der Waals surface area contributed by atoms with Crippen LogP contribution in [0.2, 0.25) is 0 Å². The van der Waals surface area contributed by atoms with E-state index in [9.17, 15) is 4.21 Å². The van der Waals surface area contributed by atoms with Crippen LogP contribution in [-0.2, 0) is 9.52 Å². The summed E-state index contributed by atoms with van der Waals surface area (Å²) in [5.74, 6) is 4.55. The van der Waals surface area contributed by atoms with Crippen molar-refractivity contribution in [2.75, 3.05) is 24.7 Å². The molecular formula is C22H32N4OS. The van der Waals surface area contributed by atoms with E-state index in [1.807, 2.05) is 36.4 Å². The van der Waals surface area contributed by atoms with E-state index in [2.05, 4.69) is 40.1 Å². The van der Waals surface area contributed by atoms with Crippen LogP contribution in [-0.4, -0.2) is 56.6 Å². The van der Waals surface area contributed by atoms with Crippen molar-refractivity contribution in [3.63, 3.8) is 0 Å². The van der Waals surface area contributed by atoms with Crippen molar-refractivity contribution >= 4 is 21.2 Å². The van der Waals surface area contributed by atoms with Crippen LogP contribution in [0.15, 0.2) is 41.3 Å². The molecule has 1 aromatic carbocycles. The number of anilines is 1. The number of nitrogens with one attached hydrogen (secondary N) is 1. The standard InChI is InChI=1S/C22H32N4OS/c1-5-19(6-2)26-15-13-18(14-16-26)23-22-12-11-21(24-25-22)17-7-9-20(10-8-17)28(3,4)27/h7-12,18-19H,3,5-6,13-16H2,1-2,4H3,(H,23,25). The average molecular weight is 401 g/mol. The second-order valence-electron chi connectivity index (χ2n) is 7.76. The molecule has 0 bridgehead atoms. The van der Waals surface area contributed by atoms with Crippen LogP contribution in [0.5, 0.6) is 0 Å². The lowest BCUT2D eigenvalue weighted by molar-refractivity contribution is 0.149. The number of likely N-dealkylation sites (tertiary alicyclic amines) is 1. The Labute approximate surface area is 169 Å². The fraction of sp³-hybridized carbons (Fsp3) is 0.500. The molecule has 28 heavy (non-hydrogen) atoms. The van der Waals surface area contributed by atoms with Gasteiger partial charge in [-0.3, -0.25) is 4.21 Å². The van der Waals surface area contributed by atoms with Crippen LogP contribution >= 0.6 is 0 Å². The number of hydrogen-bond acceptors (Lipinski definition) is 5. The van der Waals surface area contributed by atoms with Gasteiger partial charge < -0.3 is 10.2 Å². The van der Waals surface area contributed by atoms with E-state index >= 15 is 0 Å². The van der Waals surface area contributed by atoms with Crippen LogP contribution in [0.3, 0.4) is 0 Å². The molecule has 0 amide bonds. The van der Waals surface area contributed by atoms with Gasteiger partial charge in [0.2, 0.25) is 0 Å². The van der Waals surface area contributed by atoms with E-state index in [1.165, 1.54) is 12.8 Å². The summed E-state index contributed by atoms with van der Waals surface area (Å²) >= 11 is 0. The van der Waals surface area contributed by atoms with Crippen molar-refractivity contribution in [3.05, 3.63) is 36.4 Å². The summed E-state index contributed by atoms with van der Waals surface area (Å²) in [6.45, 7) is 6.86. The quantitative estimate of drug-likeness (QED) is 0.714. The molecule has 3 rings (SSSR count). The van der Waals surface area contributed by atoms with Crippen molar-refractivity contribution in [3.8, 4) is 11.3 Å². The number of benzene rings is 1. The normalized spacial score (nSPS) is 18.1. The molecule has 152 valence electrons. The number of piperidine rings is 1. The molecule has 0 spiro atoms. The highest BCUT2D eigenvalue weighted by atomic mass is 32.2. The Bertz CT molecular complexity index is 850. The van der Waals surface area contributed by atoms with Gasteiger partial charge in [0.15, 0.2) is 0 Å². The van der Waals surface area contributed by atoms with Crippen LogP contribution in [0.1, 0.15) is 39.5 Å². The van der Waals surface area contributed by atoms with Gasteiger partial charge in [-0.05, 0) is 65.3 Å². The van der Waals surface area contributed by atoms with E-state index in [0.29, 0.717) is 6.04 Å². The lowest BCUT2D eigenvalue weighted by atomic mass is 10.0. The van der Waals surface area contributed by atoms with Gasteiger partial charge in [0, 0.05) is 41.9 Å². The molecule has 1 aliphatic rings. The molecule has 1 atom stereocenters. The number of nitrogens with zero attached hydrogens (tertiary/aromatic N) is 3. The molecule has 2 aromatic rings. The van der Waals surface area contributed by atoms with Crippen LogP contribution in [0, 0.1) is 0 Å². The number of aromatic nitrogens is 2. The van der Waals surface area contributed by atoms with E-state index in [0.717, 1.165) is 53.9 Å². The Morgan fingerprint density at radius 3 is 2.25 bits per heavy atom. The third kappa shape index (κ3) is 5.11. The molecule has 0 saturated carbocycles. The van der Waals surface area contributed by atoms with Gasteiger partial charge in [-0.25, -0.2) is 0 Å². The first-order valence-electron chi connectivity index (χ1n) is 10.2. The second kappa shape index (κ2) is 9.05. The molecule has 1 aromatic heterocycles. The molecular weight excluding hydrogens is 368 g/mol. The molecule has 5 nitrogen and oxygen atoms in total. The van der Waals surface area contributed by atoms with Crippen LogP contribution < -0.4 is 5.32 Å². The molecule has 1 unspecified atom stereocenters. The second-order valence-corrected chi connectivity index (χ2v) is 10.2. The lowest BCUT2D eigenvalue weighted by Gasteiger charge is -2.37. The SMILES string of the molecule is C=S(C)(=O)c1ccc(-c2ccc(NC3CCN(C(CC)CC)CC3)nn2)cc1. The zero-order chi connectivity index (χ0) is 20.1. The highest BCUT2D eigenvalue weighted by Gasteiger charge is 2.23. The predicted octanol–water partition coefficient (Wildman–Crippen LogP) is 3.91. The van der Waals surface area contributed by atoms with Gasteiger partial charge >= 0.3 is 0 Å². The Kier molecular flexibility index (Phi) is 6.73. The maximum absolute atomic E-state index is 12.0. The van der Waals surface area contributed by atoms with Gasteiger partial charge in [-0.1, -0.05) is 26.0 Å². The zero-order valence-corrected chi connectivity index (χ0v) is 18.0. The fourth-order valence-electron chi connectivity index (χ4n) is 3.90. The highest BCUT2D eigenvalue weighted by molar-refractivity contribution is 7.99. The Hall–Kier alpha value is -1.92. The minimum Gasteiger partial charge on any atom is -0.366 e. The van der Waals surface area contributed by atoms with Gasteiger partial charge in [0.25, 0.3) is 0 Å². The van der Waals surface area contributed by atoms with Gasteiger partial charge in [0.05, 0.1) is 5.69 Å². The van der Waals surface area contributed by atoms with Gasteiger partial charge in [-0.15, -0.1) is 10.2 Å². The smallest absolute Gasteiger partial charge is 0.148 e. The summed E-state index contributed by atoms with van der Waals surface area (Å²) in [4.78, 5) is 3.37. The minimum absolute atomic E-state index is 0.458. The van der Waals surface area contributed by atoms with Crippen molar-refractivity contribution in [1.29, 1.82) is 0 Å². The summed E-state index contributed by atoms with van der Waals surface area (Å²) < 4.78 is 12.0. The molecule has 6 heteroatoms. The summed E-state index contributed by atoms with van der Waals surface area (Å²) in [5, 5.41) is 12.3. The van der Waals surface area contributed by atoms with E-state index in [4.69, 9.17) is 0 Å². The molecule has 0 aliphatic carbocycles. The summed E-state index contributed by atoms with van der Waals surface area (Å²) in [6, 6.07) is 12.7. The summed E-state index contributed by atoms with van der Waals surface area (Å²) in [5.41, 5.74) is 1.78. The molecule has 1 fully saturated rings. The van der Waals surface area contributed by atoms with Gasteiger partial charge in [-0.2, -0.15) is 0 Å². The molecule has 0 radical (unpaired) electrons. The first-order chi connectivity index (χ1) is 13.4. The maximum Gasteiger partial charge on any atom is 0.148 e. The molecule has 1 saturated heterocycles. The zero-order valence-electron chi connectivity index (χ0n) is 17.2. The maximum atomic E-state index is 12.0. The summed E-state index contributed by atoms with van der Waals surface area (Å²) in [7, 11) is -2.19. The van der Waals surface area contributed by atoms with Crippen molar-refractivity contribution in [2.45, 2.75) is 56.5 Å². The van der Waals surface area contributed by atoms with Crippen molar-refractivity contribution in [2.24, 2.45) is 0 Å². The summed E-state index contributed by atoms with van der Waals surface area (Å²) in [6.07, 6.45) is 6.39. The minimum atomic E-state index is -2.19. The first-order valence-corrected chi connectivity index (χ1v) is 12.3. The Morgan fingerprint density at radius 2 is 1.75 bits per heavy atom. The first kappa shape index (κ1) is 20.8. The van der Waals surface area contributed by atoms with E-state index in [1.54, 1.807) is 6.26 Å². The van der Waals surface area contributed by atoms with Crippen LogP contribution in [0.4, 0.5) is 5.82 Å². The molecule has 1 aliphatic heterocycles. The van der Waals surface area contributed by atoms with Gasteiger partial charge in [0.1, 0.15) is 5.82 Å². The number of rotatable bonds is 7. The fourth-order valence-corrected chi connectivity index (χ4v) is 4.61. The average Bonchev–Trinajstić information content (AvgIpc) is 2.70. The highest BCUT2D eigenvalue weighted by Crippen LogP contribution is 2.22. The number of hydrogen-bond donors (Lipinski definition) is 1.